The van der Waals surface area contributed by atoms with Crippen molar-refractivity contribution in [2.75, 3.05) is 79.5 Å². The normalized spacial score (nSPS) is 23.4. The van der Waals surface area contributed by atoms with Crippen molar-refractivity contribution in [1.29, 1.82) is 5.41 Å². The van der Waals surface area contributed by atoms with Gasteiger partial charge in [0.15, 0.2) is 11.7 Å². The molecule has 42 heteroatoms. The van der Waals surface area contributed by atoms with Gasteiger partial charge in [-0.25, -0.2) is 4.98 Å². The lowest BCUT2D eigenvalue weighted by Gasteiger charge is -2.38. The van der Waals surface area contributed by atoms with Gasteiger partial charge >= 0.3 is 0 Å². The molecule has 13 atom stereocenters. The first-order valence-corrected chi connectivity index (χ1v) is 46.0. The van der Waals surface area contributed by atoms with Gasteiger partial charge in [0.25, 0.3) is 0 Å². The number of ketones is 1. The number of imidazole rings is 1. The Morgan fingerprint density at radius 1 is 0.560 bits per heavy atom. The molecule has 3 aromatic heterocycles. The highest BCUT2D eigenvalue weighted by Gasteiger charge is 2.45. The van der Waals surface area contributed by atoms with Gasteiger partial charge in [0.1, 0.15) is 72.5 Å². The molecule has 0 radical (unpaired) electrons. The van der Waals surface area contributed by atoms with Crippen LogP contribution >= 0.6 is 11.8 Å². The van der Waals surface area contributed by atoms with Crippen LogP contribution in [0.2, 0.25) is 0 Å². The van der Waals surface area contributed by atoms with Gasteiger partial charge in [0, 0.05) is 132 Å². The molecular weight excluding hydrogens is 1750 g/mol. The SMILES string of the molecule is C.CCCC[C@H]1C(=O)N[C@@H](CCCNC(=N)N)C(=O)N[C@H](C(=O)NCC(N)=O)CSCC(=O)N[C@@H](Cc2ccccc2)C(=O)N(C)[C@@H](C)C(=O)N[C@@H](CC(N)=O)C(=O)N2CCC[C@H]2C(=O)N[C@@H](Cc2cnc[nH]2)C(=O)N[C@@H](CC(C)C)C(=O)N(C)CC(=O)C[C@@H](Cc2c[nH]c3ccccc23)C(=O)N[C@@H](CO)C(=O)N(C)[C@@H](Cc2c[nH]c3ccccc23)C(=O)N(C)[C@@H](CCCC)C(=O)N1C. The number of hydrogen-bond donors (Lipinski definition) is 17. The number of nitrogens with one attached hydrogen (secondary N) is 13. The van der Waals surface area contributed by atoms with E-state index in [1.165, 1.54) is 64.5 Å². The number of fused-ring (bicyclic) bond motifs is 3. The van der Waals surface area contributed by atoms with Gasteiger partial charge in [-0.3, -0.25) is 86.9 Å². The molecule has 0 aliphatic carbocycles. The molecule has 2 saturated heterocycles. The number of aromatic nitrogens is 4. The molecule has 41 nitrogen and oxygen atoms in total. The lowest BCUT2D eigenvalue weighted by Crippen LogP contribution is -2.61. The maximum absolute atomic E-state index is 15.9. The Balaban J connectivity index is 0.0000245. The monoisotopic (exact) mass is 1880 g/mol. The Labute approximate surface area is 783 Å². The van der Waals surface area contributed by atoms with Crippen molar-refractivity contribution in [3.63, 3.8) is 0 Å². The summed E-state index contributed by atoms with van der Waals surface area (Å²) in [5.41, 5.74) is 20.2. The molecule has 2 aliphatic heterocycles. The molecule has 0 unspecified atom stereocenters. The number of primary amides is 2. The topological polar surface area (TPSA) is 600 Å². The summed E-state index contributed by atoms with van der Waals surface area (Å²) in [6, 6.07) is 4.85. The first-order chi connectivity index (χ1) is 63.3. The molecule has 20 N–H and O–H groups in total. The van der Waals surface area contributed by atoms with Crippen LogP contribution in [-0.4, -0.2) is 313 Å². The maximum atomic E-state index is 15.9. The van der Waals surface area contributed by atoms with E-state index in [2.05, 4.69) is 67.8 Å². The smallest absolute Gasteiger partial charge is 0.247 e. The predicted octanol–water partition coefficient (Wildman–Crippen LogP) is -0.0689. The molecular formula is C92H133N23O18S. The van der Waals surface area contributed by atoms with Gasteiger partial charge in [-0.2, -0.15) is 0 Å². The van der Waals surface area contributed by atoms with Crippen LogP contribution in [0.15, 0.2) is 104 Å². The number of likely N-dealkylation sites (N-methyl/N-ethyl adjacent to an activating group) is 5. The Morgan fingerprint density at radius 3 is 1.73 bits per heavy atom. The molecule has 2 aliphatic rings. The molecule has 134 heavy (non-hydrogen) atoms. The number of H-pyrrole nitrogens is 3. The standard InChI is InChI=1S/C91H129N23O18S.CH4/c1-11-13-31-71-83(125)103-64(30-22-34-97-91(94)95)81(123)108-70(80(122)100-46-76(93)118)49-133-50-77(119)102-67(37-54-24-16-15-17-25-54)86(128)110(7)53(5)78(120)105-68(42-75(92)117)88(130)114-35-23-33-72(114)84(126)104-65(41-58-45-96-51-101-58)82(124)106-66(36-52(3)4)85(127)109(6)47-59(116)39-55(38-56-43-98-62-28-20-18-26-60(56)62)79(121)107-69(48-115)87(129)113(10)74(40-57-44-99-63-29-21-19-27-61(57)63)90(132)112(9)73(32-14-12-2)89(131)111(71)8;/h15-21,24-29,43-45,51-53,55,64-74,98-99,115H,11-14,22-23,30-42,46-50H2,1-10H3,(H2,92,117)(H2,93,118)(H,96,101)(H,100,122)(H,102,119)(H,103,125)(H,104,126)(H,105,120)(H,106,124)(H,107,121)(H,108,123)(H4,94,95,97);1H4/t53-,55+,64-,65-,66-,67-,68-,69-,70-,71-,72-,73-,74-;/m0./s1. The minimum Gasteiger partial charge on any atom is -0.394 e. The van der Waals surface area contributed by atoms with Gasteiger partial charge in [-0.1, -0.05) is 128 Å². The summed E-state index contributed by atoms with van der Waals surface area (Å²) in [6.07, 6.45) is 5.78. The van der Waals surface area contributed by atoms with E-state index in [4.69, 9.17) is 22.6 Å². The summed E-state index contributed by atoms with van der Waals surface area (Å²) in [4.78, 5) is 270. The number of guanidine groups is 1. The number of carbonyl (C=O) groups excluding carboxylic acids is 17. The van der Waals surface area contributed by atoms with E-state index in [1.807, 2.05) is 13.8 Å². The molecule has 0 saturated carbocycles. The van der Waals surface area contributed by atoms with Crippen LogP contribution in [0.4, 0.5) is 0 Å². The number of Topliss-reactive ketones (excluding diaryl/α,β-unsaturated/α-hetero) is 1. The zero-order chi connectivity index (χ0) is 97.4. The predicted molar refractivity (Wildman–Crippen MR) is 502 cm³/mol. The largest absolute Gasteiger partial charge is 0.394 e. The quantitative estimate of drug-likeness (QED) is 0.0192. The van der Waals surface area contributed by atoms with E-state index in [0.29, 0.717) is 69.9 Å². The van der Waals surface area contributed by atoms with Crippen molar-refractivity contribution in [3.05, 3.63) is 126 Å². The number of para-hydroxylation sites is 2. The number of aromatic amines is 3. The maximum Gasteiger partial charge on any atom is 0.247 e. The second-order valence-corrected chi connectivity index (χ2v) is 35.4. The summed E-state index contributed by atoms with van der Waals surface area (Å²) in [5, 5.41) is 44.4. The van der Waals surface area contributed by atoms with E-state index < -0.39 is 229 Å². The second kappa shape index (κ2) is 52.2. The average molecular weight is 1880 g/mol. The van der Waals surface area contributed by atoms with E-state index >= 15 is 24.0 Å². The molecule has 6 aromatic rings. The third-order valence-electron chi connectivity index (χ3n) is 23.9. The lowest BCUT2D eigenvalue weighted by atomic mass is 9.92. The van der Waals surface area contributed by atoms with Gasteiger partial charge in [0.05, 0.1) is 38.2 Å². The Hall–Kier alpha value is -13.3. The minimum atomic E-state index is -1.80. The van der Waals surface area contributed by atoms with Gasteiger partial charge in [-0.05, 0) is 93.0 Å². The van der Waals surface area contributed by atoms with Gasteiger partial charge < -0.3 is 115 Å². The molecule has 0 spiro atoms. The van der Waals surface area contributed by atoms with E-state index in [9.17, 15) is 62.6 Å². The fraction of sp³-hybridized carbons (Fsp3) is 0.533. The highest BCUT2D eigenvalue weighted by molar-refractivity contribution is 8.00. The number of aliphatic hydroxyl groups is 1. The lowest BCUT2D eigenvalue weighted by molar-refractivity contribution is -0.153. The molecule has 16 amide bonds. The van der Waals surface area contributed by atoms with E-state index in [0.717, 1.165) is 31.4 Å². The number of carbonyl (C=O) groups is 17. The van der Waals surface area contributed by atoms with Crippen LogP contribution in [0.5, 0.6) is 0 Å². The number of thioether (sulfide) groups is 1. The van der Waals surface area contributed by atoms with Crippen molar-refractivity contribution >= 4 is 140 Å². The molecule has 3 aromatic carbocycles. The van der Waals surface area contributed by atoms with Crippen LogP contribution in [0.1, 0.15) is 148 Å². The van der Waals surface area contributed by atoms with Gasteiger partial charge in [0.2, 0.25) is 94.5 Å². The highest BCUT2D eigenvalue weighted by atomic mass is 32.2. The van der Waals surface area contributed by atoms with Crippen molar-refractivity contribution in [2.24, 2.45) is 29.0 Å². The number of hydrogen-bond acceptors (Lipinski definition) is 21. The summed E-state index contributed by atoms with van der Waals surface area (Å²) in [6.45, 7) is 6.14. The van der Waals surface area contributed by atoms with Crippen molar-refractivity contribution in [3.8, 4) is 0 Å². The summed E-state index contributed by atoms with van der Waals surface area (Å²) >= 11 is 0.799. The Morgan fingerprint density at radius 2 is 1.13 bits per heavy atom. The third-order valence-corrected chi connectivity index (χ3v) is 24.9. The number of unbranched alkanes of at least 4 members (excludes halogenated alkanes) is 2. The van der Waals surface area contributed by atoms with Crippen molar-refractivity contribution < 1.29 is 86.6 Å². The second-order valence-electron chi connectivity index (χ2n) is 34.4. The number of amides is 16. The Kier molecular flexibility index (Phi) is 42.0. The van der Waals surface area contributed by atoms with Crippen LogP contribution in [0.3, 0.4) is 0 Å². The molecule has 730 valence electrons. The zero-order valence-corrected chi connectivity index (χ0v) is 77.8. The molecule has 5 heterocycles. The average Bonchev–Trinajstić information content (AvgIpc) is 1.77. The van der Waals surface area contributed by atoms with Crippen molar-refractivity contribution in [2.45, 2.75) is 224 Å². The first-order valence-electron chi connectivity index (χ1n) is 44.8. The van der Waals surface area contributed by atoms with Crippen LogP contribution < -0.4 is 65.1 Å². The van der Waals surface area contributed by atoms with Crippen LogP contribution in [-0.2, 0) is 107 Å². The highest BCUT2D eigenvalue weighted by Crippen LogP contribution is 2.28. The van der Waals surface area contributed by atoms with E-state index in [-0.39, 0.29) is 97.1 Å². The third kappa shape index (κ3) is 30.6. The number of nitrogens with two attached hydrogens (primary N) is 3. The fourth-order valence-electron chi connectivity index (χ4n) is 16.3. The van der Waals surface area contributed by atoms with E-state index in [1.54, 1.807) is 105 Å². The number of benzene rings is 3. The molecule has 2 fully saturated rings. The summed E-state index contributed by atoms with van der Waals surface area (Å²) in [5.74, 6) is -17.8. The minimum absolute atomic E-state index is 0. The molecule has 0 bridgehead atoms. The Bertz CT molecular complexity index is 5090. The van der Waals surface area contributed by atoms with Crippen LogP contribution in [0, 0.1) is 17.2 Å². The van der Waals surface area contributed by atoms with Crippen LogP contribution in [0.25, 0.3) is 21.8 Å². The zero-order valence-electron chi connectivity index (χ0n) is 77.0. The van der Waals surface area contributed by atoms with Gasteiger partial charge in [-0.15, -0.1) is 11.8 Å². The number of nitrogens with zero attached hydrogens (tertiary/aromatic N) is 7. The summed E-state index contributed by atoms with van der Waals surface area (Å²) < 4.78 is 0. The number of rotatable bonds is 26. The number of aliphatic hydroxyl groups excluding tert-OH is 1. The first kappa shape index (κ1) is 108. The van der Waals surface area contributed by atoms with Crippen molar-refractivity contribution in [1.82, 2.24) is 97.2 Å². The molecule has 8 rings (SSSR count). The fourth-order valence-corrected chi connectivity index (χ4v) is 17.2. The summed E-state index contributed by atoms with van der Waals surface area (Å²) in [7, 11) is 6.65.